The minimum absolute atomic E-state index is 0.00977. The molecule has 0 saturated heterocycles. The molecule has 0 unspecified atom stereocenters. The number of alkyl halides is 1. The van der Waals surface area contributed by atoms with Crippen LogP contribution in [0.5, 0.6) is 5.88 Å². The van der Waals surface area contributed by atoms with E-state index in [-0.39, 0.29) is 35.6 Å². The number of halogens is 1. The fourth-order valence-electron chi connectivity index (χ4n) is 2.21. The van der Waals surface area contributed by atoms with Gasteiger partial charge in [-0.2, -0.15) is 4.98 Å². The monoisotopic (exact) mass is 471 g/mol. The Hall–Kier alpha value is -3.45. The van der Waals surface area contributed by atoms with Gasteiger partial charge >= 0.3 is 12.0 Å². The van der Waals surface area contributed by atoms with Crippen molar-refractivity contribution in [2.24, 2.45) is 0 Å². The van der Waals surface area contributed by atoms with E-state index in [1.807, 2.05) is 0 Å². The molecule has 31 heavy (non-hydrogen) atoms. The summed E-state index contributed by atoms with van der Waals surface area (Å²) in [5.41, 5.74) is -0.306. The number of aromatic nitrogens is 2. The first-order valence-corrected chi connectivity index (χ1v) is 10.6. The Morgan fingerprint density at radius 3 is 2.55 bits per heavy atom. The van der Waals surface area contributed by atoms with E-state index in [1.54, 1.807) is 11.6 Å². The number of benzene rings is 1. The van der Waals surface area contributed by atoms with E-state index in [0.717, 1.165) is 12.1 Å². The molecule has 2 aromatic rings. The lowest BCUT2D eigenvalue weighted by Crippen LogP contribution is -2.35. The van der Waals surface area contributed by atoms with Crippen LogP contribution in [0.4, 0.5) is 16.4 Å². The lowest BCUT2D eigenvalue weighted by atomic mass is 10.2. The summed E-state index contributed by atoms with van der Waals surface area (Å²) >= 11 is 5.43. The zero-order valence-electron chi connectivity index (χ0n) is 16.3. The predicted octanol–water partition coefficient (Wildman–Crippen LogP) is 1.35. The second-order valence-electron chi connectivity index (χ2n) is 5.60. The molecule has 1 aromatic heterocycles. The third-order valence-electron chi connectivity index (χ3n) is 3.46. The van der Waals surface area contributed by atoms with Crippen molar-refractivity contribution in [1.82, 2.24) is 14.7 Å². The molecule has 14 heteroatoms. The number of sulfonamides is 1. The van der Waals surface area contributed by atoms with E-state index >= 15 is 0 Å². The van der Waals surface area contributed by atoms with Crippen molar-refractivity contribution in [2.45, 2.75) is 11.8 Å². The number of amides is 3. The van der Waals surface area contributed by atoms with Crippen LogP contribution in [0.3, 0.4) is 0 Å². The maximum Gasteiger partial charge on any atom is 0.339 e. The van der Waals surface area contributed by atoms with E-state index in [1.165, 1.54) is 25.4 Å². The number of nitrogens with one attached hydrogen (secondary N) is 3. The molecule has 0 radical (unpaired) electrons. The summed E-state index contributed by atoms with van der Waals surface area (Å²) < 4.78 is 37.1. The summed E-state index contributed by atoms with van der Waals surface area (Å²) in [5.74, 6) is -1.99. The summed E-state index contributed by atoms with van der Waals surface area (Å²) in [7, 11) is -3.24. The van der Waals surface area contributed by atoms with E-state index < -0.39 is 32.8 Å². The van der Waals surface area contributed by atoms with Gasteiger partial charge in [0.2, 0.25) is 17.7 Å². The molecule has 0 saturated carbocycles. The number of rotatable bonds is 8. The maximum absolute atomic E-state index is 12.8. The van der Waals surface area contributed by atoms with Gasteiger partial charge in [0.1, 0.15) is 10.8 Å². The third-order valence-corrected chi connectivity index (χ3v) is 5.08. The molecule has 0 fully saturated rings. The van der Waals surface area contributed by atoms with Crippen molar-refractivity contribution in [3.63, 3.8) is 0 Å². The molecule has 3 N–H and O–H groups in total. The smallest absolute Gasteiger partial charge is 0.339 e. The normalized spacial score (nSPS) is 10.7. The van der Waals surface area contributed by atoms with Crippen LogP contribution in [0.1, 0.15) is 17.3 Å². The fourth-order valence-corrected chi connectivity index (χ4v) is 3.41. The van der Waals surface area contributed by atoms with Crippen LogP contribution < -0.4 is 20.1 Å². The largest absolute Gasteiger partial charge is 0.481 e. The van der Waals surface area contributed by atoms with Crippen molar-refractivity contribution in [3.8, 4) is 5.88 Å². The minimum atomic E-state index is -4.59. The van der Waals surface area contributed by atoms with Gasteiger partial charge in [0.15, 0.2) is 0 Å². The first kappa shape index (κ1) is 23.8. The minimum Gasteiger partial charge on any atom is -0.481 e. The van der Waals surface area contributed by atoms with E-state index in [0.29, 0.717) is 0 Å². The van der Waals surface area contributed by atoms with Crippen LogP contribution >= 0.6 is 11.6 Å². The molecule has 3 amide bonds. The summed E-state index contributed by atoms with van der Waals surface area (Å²) in [4.78, 5) is 42.9. The van der Waals surface area contributed by atoms with E-state index in [4.69, 9.17) is 21.1 Å². The van der Waals surface area contributed by atoms with Gasteiger partial charge in [0, 0.05) is 18.0 Å². The molecule has 1 heterocycles. The highest BCUT2D eigenvalue weighted by Crippen LogP contribution is 2.22. The molecule has 0 bridgehead atoms. The number of hydrogen-bond acceptors (Lipinski definition) is 9. The van der Waals surface area contributed by atoms with Crippen LogP contribution in [0, 0.1) is 0 Å². The van der Waals surface area contributed by atoms with Gasteiger partial charge in [-0.25, -0.2) is 27.7 Å². The predicted molar refractivity (Wildman–Crippen MR) is 110 cm³/mol. The van der Waals surface area contributed by atoms with Crippen molar-refractivity contribution >= 4 is 51.2 Å². The maximum atomic E-state index is 12.8. The SMILES string of the molecule is CCOC(=O)c1ccc(NC(=O)CCl)cc1S(=O)(=O)NC(=O)Nc1nccc(OC)n1. The topological polar surface area (TPSA) is 166 Å². The summed E-state index contributed by atoms with van der Waals surface area (Å²) in [5, 5.41) is 4.50. The van der Waals surface area contributed by atoms with Crippen LogP contribution in [-0.4, -0.2) is 55.9 Å². The van der Waals surface area contributed by atoms with Gasteiger partial charge in [-0.3, -0.25) is 10.1 Å². The number of methoxy groups -OCH3 is 1. The number of nitrogens with zero attached hydrogens (tertiary/aromatic N) is 2. The summed E-state index contributed by atoms with van der Waals surface area (Å²) in [6, 6.07) is 3.65. The number of hydrogen-bond donors (Lipinski definition) is 3. The quantitative estimate of drug-likeness (QED) is 0.380. The Morgan fingerprint density at radius 2 is 1.90 bits per heavy atom. The van der Waals surface area contributed by atoms with Gasteiger partial charge in [-0.15, -0.1) is 11.6 Å². The van der Waals surface area contributed by atoms with E-state index in [9.17, 15) is 22.8 Å². The number of carbonyl (C=O) groups is 3. The third kappa shape index (κ3) is 6.52. The molecule has 12 nitrogen and oxygen atoms in total. The lowest BCUT2D eigenvalue weighted by molar-refractivity contribution is -0.113. The highest BCUT2D eigenvalue weighted by molar-refractivity contribution is 7.90. The Labute approximate surface area is 182 Å². The number of carbonyl (C=O) groups excluding carboxylic acids is 3. The van der Waals surface area contributed by atoms with Gasteiger partial charge in [-0.05, 0) is 25.1 Å². The van der Waals surface area contributed by atoms with Crippen LogP contribution in [-0.2, 0) is 19.6 Å². The van der Waals surface area contributed by atoms with Crippen LogP contribution in [0.25, 0.3) is 0 Å². The van der Waals surface area contributed by atoms with Crippen molar-refractivity contribution in [1.29, 1.82) is 0 Å². The molecule has 0 spiro atoms. The molecular weight excluding hydrogens is 454 g/mol. The molecule has 0 aliphatic rings. The van der Waals surface area contributed by atoms with Gasteiger partial charge in [0.25, 0.3) is 10.0 Å². The molecule has 0 aliphatic carbocycles. The fraction of sp³-hybridized carbons (Fsp3) is 0.235. The Morgan fingerprint density at radius 1 is 1.16 bits per heavy atom. The highest BCUT2D eigenvalue weighted by Gasteiger charge is 2.26. The molecular formula is C17H18ClN5O7S. The van der Waals surface area contributed by atoms with Crippen molar-refractivity contribution < 1.29 is 32.3 Å². The standard InChI is InChI=1S/C17H18ClN5O7S/c1-3-30-15(25)11-5-4-10(20-13(24)9-18)8-12(11)31(27,28)23-17(26)22-16-19-7-6-14(21-16)29-2/h4-8H,3,9H2,1-2H3,(H,20,24)(H2,19,21,22,23,26). The second-order valence-corrected chi connectivity index (χ2v) is 7.51. The summed E-state index contributed by atoms with van der Waals surface area (Å²) in [6.45, 7) is 1.53. The molecule has 166 valence electrons. The molecule has 1 aromatic carbocycles. The molecule has 0 aliphatic heterocycles. The average Bonchev–Trinajstić information content (AvgIpc) is 2.73. The zero-order valence-corrected chi connectivity index (χ0v) is 17.9. The number of urea groups is 1. The Kier molecular flexibility index (Phi) is 8.10. The number of ether oxygens (including phenoxy) is 2. The van der Waals surface area contributed by atoms with Crippen molar-refractivity contribution in [3.05, 3.63) is 36.0 Å². The van der Waals surface area contributed by atoms with E-state index in [2.05, 4.69) is 20.6 Å². The number of anilines is 2. The average molecular weight is 472 g/mol. The van der Waals surface area contributed by atoms with Gasteiger partial charge < -0.3 is 14.8 Å². The summed E-state index contributed by atoms with van der Waals surface area (Å²) in [6.07, 6.45) is 1.29. The first-order valence-electron chi connectivity index (χ1n) is 8.58. The Bertz CT molecular complexity index is 1090. The lowest BCUT2D eigenvalue weighted by Gasteiger charge is -2.13. The van der Waals surface area contributed by atoms with Crippen LogP contribution in [0.15, 0.2) is 35.4 Å². The van der Waals surface area contributed by atoms with Gasteiger partial charge in [-0.1, -0.05) is 0 Å². The molecule has 0 atom stereocenters. The number of esters is 1. The Balaban J connectivity index is 2.34. The zero-order chi connectivity index (χ0) is 23.0. The first-order chi connectivity index (χ1) is 14.7. The molecule has 2 rings (SSSR count). The highest BCUT2D eigenvalue weighted by atomic mass is 35.5. The second kappa shape index (κ2) is 10.5. The van der Waals surface area contributed by atoms with Crippen molar-refractivity contribution in [2.75, 3.05) is 30.2 Å². The van der Waals surface area contributed by atoms with Crippen LogP contribution in [0.2, 0.25) is 0 Å². The van der Waals surface area contributed by atoms with Gasteiger partial charge in [0.05, 0.1) is 19.3 Å².